The van der Waals surface area contributed by atoms with Crippen molar-refractivity contribution in [2.75, 3.05) is 5.32 Å². The molecule has 4 rings (SSSR count). The zero-order chi connectivity index (χ0) is 19.9. The summed E-state index contributed by atoms with van der Waals surface area (Å²) in [5.41, 5.74) is 1.12. The van der Waals surface area contributed by atoms with Gasteiger partial charge in [0.2, 0.25) is 0 Å². The van der Waals surface area contributed by atoms with Crippen LogP contribution in [0.15, 0.2) is 63.4 Å². The lowest BCUT2D eigenvalue weighted by atomic mass is 10.1. The second kappa shape index (κ2) is 6.56. The molecule has 0 aliphatic rings. The Hall–Kier alpha value is -3.55. The number of furan rings is 1. The molecule has 0 saturated carbocycles. The summed E-state index contributed by atoms with van der Waals surface area (Å²) in [7, 11) is 0. The first-order valence-electron chi connectivity index (χ1n) is 8.25. The highest BCUT2D eigenvalue weighted by Gasteiger charge is 2.30. The second-order valence-electron chi connectivity index (χ2n) is 6.11. The first kappa shape index (κ1) is 17.8. The molecule has 0 aliphatic carbocycles. The summed E-state index contributed by atoms with van der Waals surface area (Å²) in [6, 6.07) is 12.6. The number of carbonyl (C=O) groups is 1. The summed E-state index contributed by atoms with van der Waals surface area (Å²) in [6.45, 7) is 1.72. The summed E-state index contributed by atoms with van der Waals surface area (Å²) in [5.74, 6) is 0.121. The maximum Gasteiger partial charge on any atom is 0.416 e. The molecular formula is C20H13F3N2O3. The van der Waals surface area contributed by atoms with Crippen LogP contribution in [0.25, 0.3) is 22.4 Å². The highest BCUT2D eigenvalue weighted by Crippen LogP contribution is 2.32. The first-order chi connectivity index (χ1) is 13.3. The minimum atomic E-state index is -4.46. The third kappa shape index (κ3) is 3.48. The number of aryl methyl sites for hydroxylation is 1. The van der Waals surface area contributed by atoms with Crippen molar-refractivity contribution in [3.8, 4) is 11.3 Å². The number of alkyl halides is 3. The summed E-state index contributed by atoms with van der Waals surface area (Å²) >= 11 is 0. The van der Waals surface area contributed by atoms with E-state index >= 15 is 0 Å². The van der Waals surface area contributed by atoms with Crippen LogP contribution in [0.4, 0.5) is 18.9 Å². The van der Waals surface area contributed by atoms with E-state index in [1.165, 1.54) is 24.3 Å². The van der Waals surface area contributed by atoms with Gasteiger partial charge in [0.05, 0.1) is 5.56 Å². The van der Waals surface area contributed by atoms with Gasteiger partial charge in [-0.25, -0.2) is 4.98 Å². The Labute approximate surface area is 156 Å². The molecule has 1 amide bonds. The number of fused-ring (bicyclic) bond motifs is 1. The fourth-order valence-electron chi connectivity index (χ4n) is 2.78. The number of anilines is 1. The van der Waals surface area contributed by atoms with E-state index in [4.69, 9.17) is 8.83 Å². The van der Waals surface area contributed by atoms with Crippen LogP contribution in [0, 0.1) is 6.92 Å². The Kier molecular flexibility index (Phi) is 4.18. The number of carbonyl (C=O) groups excluding carboxylic acids is 1. The van der Waals surface area contributed by atoms with E-state index in [-0.39, 0.29) is 17.1 Å². The molecule has 2 aromatic carbocycles. The number of amides is 1. The molecule has 0 atom stereocenters. The average molecular weight is 386 g/mol. The molecule has 8 heteroatoms. The molecule has 142 valence electrons. The minimum absolute atomic E-state index is 0.0242. The van der Waals surface area contributed by atoms with Gasteiger partial charge < -0.3 is 14.2 Å². The summed E-state index contributed by atoms with van der Waals surface area (Å²) in [5, 5.41) is 2.67. The summed E-state index contributed by atoms with van der Waals surface area (Å²) in [4.78, 5) is 16.6. The predicted octanol–water partition coefficient (Wildman–Crippen LogP) is 5.67. The highest BCUT2D eigenvalue weighted by atomic mass is 19.4. The molecule has 1 N–H and O–H groups in total. The van der Waals surface area contributed by atoms with Crippen LogP contribution in [0.1, 0.15) is 22.0 Å². The number of nitrogens with zero attached hydrogens (tertiary/aromatic N) is 1. The largest absolute Gasteiger partial charge is 0.451 e. The molecule has 4 aromatic rings. The van der Waals surface area contributed by atoms with Crippen molar-refractivity contribution < 1.29 is 26.8 Å². The predicted molar refractivity (Wildman–Crippen MR) is 95.8 cm³/mol. The van der Waals surface area contributed by atoms with Crippen LogP contribution in [0.3, 0.4) is 0 Å². The van der Waals surface area contributed by atoms with Crippen molar-refractivity contribution in [1.82, 2.24) is 4.98 Å². The van der Waals surface area contributed by atoms with Crippen molar-refractivity contribution >= 4 is 22.7 Å². The molecule has 28 heavy (non-hydrogen) atoms. The third-order valence-corrected chi connectivity index (χ3v) is 4.06. The molecule has 0 saturated heterocycles. The number of aromatic nitrogens is 1. The lowest BCUT2D eigenvalue weighted by molar-refractivity contribution is -0.137. The maximum absolute atomic E-state index is 12.9. The first-order valence-corrected chi connectivity index (χ1v) is 8.25. The molecule has 0 unspecified atom stereocenters. The number of oxazole rings is 1. The van der Waals surface area contributed by atoms with E-state index in [1.54, 1.807) is 25.1 Å². The number of halogens is 3. The van der Waals surface area contributed by atoms with E-state index in [9.17, 15) is 18.0 Å². The van der Waals surface area contributed by atoms with Crippen LogP contribution in [0.2, 0.25) is 0 Å². The molecule has 0 spiro atoms. The molecule has 0 bridgehead atoms. The Morgan fingerprint density at radius 3 is 2.64 bits per heavy atom. The molecule has 0 aliphatic heterocycles. The van der Waals surface area contributed by atoms with Gasteiger partial charge >= 0.3 is 6.18 Å². The van der Waals surface area contributed by atoms with Crippen LogP contribution >= 0.6 is 0 Å². The SMILES string of the molecule is Cc1nc2cc(NC(=O)c3ccc(-c4cccc(C(F)(F)F)c4)o3)ccc2o1. The lowest BCUT2D eigenvalue weighted by Crippen LogP contribution is -2.10. The van der Waals surface area contributed by atoms with Crippen molar-refractivity contribution in [3.05, 3.63) is 71.8 Å². The Bertz CT molecular complexity index is 1170. The van der Waals surface area contributed by atoms with Crippen LogP contribution in [0.5, 0.6) is 0 Å². The highest BCUT2D eigenvalue weighted by molar-refractivity contribution is 6.03. The van der Waals surface area contributed by atoms with Gasteiger partial charge in [0.15, 0.2) is 17.2 Å². The molecule has 2 heterocycles. The van der Waals surface area contributed by atoms with E-state index in [0.717, 1.165) is 12.1 Å². The van der Waals surface area contributed by atoms with Gasteiger partial charge in [-0.05, 0) is 42.5 Å². The fourth-order valence-corrected chi connectivity index (χ4v) is 2.78. The molecule has 2 aromatic heterocycles. The topological polar surface area (TPSA) is 68.3 Å². The quantitative estimate of drug-likeness (QED) is 0.493. The van der Waals surface area contributed by atoms with Gasteiger partial charge in [-0.1, -0.05) is 12.1 Å². The Balaban J connectivity index is 1.55. The fraction of sp³-hybridized carbons (Fsp3) is 0.100. The molecular weight excluding hydrogens is 373 g/mol. The van der Waals surface area contributed by atoms with Crippen LogP contribution in [-0.2, 0) is 6.18 Å². The standard InChI is InChI=1S/C20H13F3N2O3/c1-11-24-15-10-14(5-6-17(15)27-11)25-19(26)18-8-7-16(28-18)12-3-2-4-13(9-12)20(21,22)23/h2-10H,1H3,(H,25,26). The van der Waals surface area contributed by atoms with Crippen molar-refractivity contribution in [1.29, 1.82) is 0 Å². The van der Waals surface area contributed by atoms with Gasteiger partial charge in [-0.3, -0.25) is 4.79 Å². The number of benzene rings is 2. The maximum atomic E-state index is 12.9. The molecule has 0 radical (unpaired) electrons. The smallest absolute Gasteiger partial charge is 0.416 e. The van der Waals surface area contributed by atoms with Crippen LogP contribution in [-0.4, -0.2) is 10.9 Å². The van der Waals surface area contributed by atoms with Crippen molar-refractivity contribution in [2.24, 2.45) is 0 Å². The Morgan fingerprint density at radius 1 is 1.04 bits per heavy atom. The van der Waals surface area contributed by atoms with E-state index in [2.05, 4.69) is 10.3 Å². The number of rotatable bonds is 3. The number of nitrogens with one attached hydrogen (secondary N) is 1. The summed E-state index contributed by atoms with van der Waals surface area (Å²) < 4.78 is 49.4. The normalized spacial score (nSPS) is 11.7. The van der Waals surface area contributed by atoms with Crippen LogP contribution < -0.4 is 5.32 Å². The minimum Gasteiger partial charge on any atom is -0.451 e. The van der Waals surface area contributed by atoms with Crippen molar-refractivity contribution in [3.63, 3.8) is 0 Å². The van der Waals surface area contributed by atoms with E-state index in [0.29, 0.717) is 22.7 Å². The zero-order valence-electron chi connectivity index (χ0n) is 14.5. The Morgan fingerprint density at radius 2 is 1.86 bits per heavy atom. The molecule has 5 nitrogen and oxygen atoms in total. The monoisotopic (exact) mass is 386 g/mol. The lowest BCUT2D eigenvalue weighted by Gasteiger charge is -2.07. The average Bonchev–Trinajstić information content (AvgIpc) is 3.27. The second-order valence-corrected chi connectivity index (χ2v) is 6.11. The van der Waals surface area contributed by atoms with Gasteiger partial charge in [0.1, 0.15) is 11.3 Å². The van der Waals surface area contributed by atoms with Gasteiger partial charge in [-0.15, -0.1) is 0 Å². The third-order valence-electron chi connectivity index (χ3n) is 4.06. The number of hydrogen-bond donors (Lipinski definition) is 1. The van der Waals surface area contributed by atoms with E-state index in [1.807, 2.05) is 0 Å². The molecule has 0 fully saturated rings. The van der Waals surface area contributed by atoms with Crippen molar-refractivity contribution in [2.45, 2.75) is 13.1 Å². The van der Waals surface area contributed by atoms with E-state index < -0.39 is 17.6 Å². The van der Waals surface area contributed by atoms with Gasteiger partial charge in [-0.2, -0.15) is 13.2 Å². The van der Waals surface area contributed by atoms with Gasteiger partial charge in [0.25, 0.3) is 5.91 Å². The summed E-state index contributed by atoms with van der Waals surface area (Å²) in [6.07, 6.45) is -4.46. The number of hydrogen-bond acceptors (Lipinski definition) is 4. The van der Waals surface area contributed by atoms with Gasteiger partial charge in [0, 0.05) is 18.2 Å². The zero-order valence-corrected chi connectivity index (χ0v) is 14.5.